The highest BCUT2D eigenvalue weighted by Crippen LogP contribution is 2.27. The van der Waals surface area contributed by atoms with Crippen molar-refractivity contribution < 1.29 is 17.9 Å². The zero-order chi connectivity index (χ0) is 21.6. The lowest BCUT2D eigenvalue weighted by Gasteiger charge is -2.07. The first-order valence-corrected chi connectivity index (χ1v) is 13.2. The lowest BCUT2D eigenvalue weighted by atomic mass is 10.2. The van der Waals surface area contributed by atoms with Crippen molar-refractivity contribution in [3.05, 3.63) is 53.9 Å². The molecule has 1 amide bonds. The largest absolute Gasteiger partial charge is 0.494 e. The number of benzene rings is 2. The van der Waals surface area contributed by atoms with Crippen molar-refractivity contribution in [2.45, 2.75) is 22.6 Å². The van der Waals surface area contributed by atoms with Crippen molar-refractivity contribution in [2.24, 2.45) is 0 Å². The molecule has 0 saturated heterocycles. The van der Waals surface area contributed by atoms with Gasteiger partial charge in [0.15, 0.2) is 15.0 Å². The number of anilines is 1. The molecular weight excluding hydrogens is 440 g/mol. The van der Waals surface area contributed by atoms with Crippen LogP contribution < -0.4 is 10.1 Å². The van der Waals surface area contributed by atoms with E-state index in [-0.39, 0.29) is 10.8 Å². The normalized spacial score (nSPS) is 11.3. The Morgan fingerprint density at radius 2 is 1.83 bits per heavy atom. The van der Waals surface area contributed by atoms with Crippen LogP contribution in [-0.2, 0) is 14.6 Å². The highest BCUT2D eigenvalue weighted by molar-refractivity contribution is 7.98. The van der Waals surface area contributed by atoms with Gasteiger partial charge in [0.2, 0.25) is 5.91 Å². The van der Waals surface area contributed by atoms with Crippen molar-refractivity contribution in [3.8, 4) is 17.0 Å². The van der Waals surface area contributed by atoms with Crippen molar-refractivity contribution >= 4 is 44.0 Å². The number of carbonyl (C=O) groups is 1. The average Bonchev–Trinajstić information content (AvgIpc) is 3.19. The first-order chi connectivity index (χ1) is 14.3. The van der Waals surface area contributed by atoms with Gasteiger partial charge in [-0.25, -0.2) is 13.4 Å². The molecule has 1 aromatic heterocycles. The van der Waals surface area contributed by atoms with Crippen molar-refractivity contribution in [1.29, 1.82) is 0 Å². The number of hydrogen-bond donors (Lipinski definition) is 1. The first-order valence-electron chi connectivity index (χ1n) is 9.18. The summed E-state index contributed by atoms with van der Waals surface area (Å²) >= 11 is 3.08. The molecule has 9 heteroatoms. The van der Waals surface area contributed by atoms with Crippen molar-refractivity contribution in [3.63, 3.8) is 0 Å². The molecule has 0 aliphatic rings. The SMILES string of the molecule is CSc1ccc(-c2csc(NC(=O)CCCOc3ccc(S(C)(=O)=O)cc3)n2)cc1. The summed E-state index contributed by atoms with van der Waals surface area (Å²) < 4.78 is 28.5. The number of amides is 1. The molecule has 0 bridgehead atoms. The molecule has 1 N–H and O–H groups in total. The third kappa shape index (κ3) is 6.32. The zero-order valence-electron chi connectivity index (χ0n) is 16.6. The number of rotatable bonds is 9. The summed E-state index contributed by atoms with van der Waals surface area (Å²) in [5.74, 6) is 0.449. The van der Waals surface area contributed by atoms with E-state index in [0.29, 0.717) is 30.3 Å². The maximum absolute atomic E-state index is 12.1. The fourth-order valence-electron chi connectivity index (χ4n) is 2.61. The Bertz CT molecular complexity index is 1090. The first kappa shape index (κ1) is 22.3. The van der Waals surface area contributed by atoms with Gasteiger partial charge in [0.1, 0.15) is 5.75 Å². The molecule has 0 aliphatic heterocycles. The molecular formula is C21H22N2O4S3. The van der Waals surface area contributed by atoms with E-state index in [0.717, 1.165) is 17.5 Å². The van der Waals surface area contributed by atoms with Gasteiger partial charge in [-0.05, 0) is 49.1 Å². The van der Waals surface area contributed by atoms with Crippen LogP contribution in [0.25, 0.3) is 11.3 Å². The zero-order valence-corrected chi connectivity index (χ0v) is 19.1. The van der Waals surface area contributed by atoms with E-state index in [1.54, 1.807) is 23.9 Å². The summed E-state index contributed by atoms with van der Waals surface area (Å²) in [5.41, 5.74) is 1.85. The van der Waals surface area contributed by atoms with Crippen LogP contribution in [-0.4, -0.2) is 38.4 Å². The minimum Gasteiger partial charge on any atom is -0.494 e. The van der Waals surface area contributed by atoms with E-state index in [4.69, 9.17) is 4.74 Å². The van der Waals surface area contributed by atoms with Crippen LogP contribution in [0.1, 0.15) is 12.8 Å². The Morgan fingerprint density at radius 3 is 2.47 bits per heavy atom. The molecule has 2 aromatic carbocycles. The van der Waals surface area contributed by atoms with E-state index in [9.17, 15) is 13.2 Å². The molecule has 6 nitrogen and oxygen atoms in total. The van der Waals surface area contributed by atoms with Gasteiger partial charge < -0.3 is 10.1 Å². The van der Waals surface area contributed by atoms with E-state index >= 15 is 0 Å². The lowest BCUT2D eigenvalue weighted by Crippen LogP contribution is -2.12. The molecule has 3 rings (SSSR count). The molecule has 30 heavy (non-hydrogen) atoms. The van der Waals surface area contributed by atoms with Crippen LogP contribution in [0, 0.1) is 0 Å². The minimum absolute atomic E-state index is 0.121. The van der Waals surface area contributed by atoms with Gasteiger partial charge in [0.05, 0.1) is 17.2 Å². The fraction of sp³-hybridized carbons (Fsp3) is 0.238. The van der Waals surface area contributed by atoms with Crippen LogP contribution in [0.4, 0.5) is 5.13 Å². The molecule has 0 atom stereocenters. The Labute approximate surface area is 184 Å². The number of ether oxygens (including phenoxy) is 1. The molecule has 3 aromatic rings. The number of sulfone groups is 1. The molecule has 158 valence electrons. The molecule has 1 heterocycles. The second-order valence-electron chi connectivity index (χ2n) is 6.51. The Hall–Kier alpha value is -2.36. The van der Waals surface area contributed by atoms with E-state index in [1.807, 2.05) is 35.9 Å². The lowest BCUT2D eigenvalue weighted by molar-refractivity contribution is -0.116. The average molecular weight is 463 g/mol. The van der Waals surface area contributed by atoms with E-state index < -0.39 is 9.84 Å². The maximum atomic E-state index is 12.1. The van der Waals surface area contributed by atoms with Gasteiger partial charge in [-0.15, -0.1) is 23.1 Å². The minimum atomic E-state index is -3.22. The highest BCUT2D eigenvalue weighted by Gasteiger charge is 2.09. The summed E-state index contributed by atoms with van der Waals surface area (Å²) in [5, 5.41) is 5.31. The highest BCUT2D eigenvalue weighted by atomic mass is 32.2. The summed E-state index contributed by atoms with van der Waals surface area (Å²) in [7, 11) is -3.22. The van der Waals surface area contributed by atoms with Crippen LogP contribution >= 0.6 is 23.1 Å². The van der Waals surface area contributed by atoms with Gasteiger partial charge in [-0.1, -0.05) is 12.1 Å². The van der Waals surface area contributed by atoms with Gasteiger partial charge in [-0.2, -0.15) is 0 Å². The molecule has 0 aliphatic carbocycles. The number of carbonyl (C=O) groups excluding carboxylic acids is 1. The predicted molar refractivity (Wildman–Crippen MR) is 122 cm³/mol. The Balaban J connectivity index is 1.43. The quantitative estimate of drug-likeness (QED) is 0.365. The standard InChI is InChI=1S/C21H22N2O4S3/c1-28-17-9-5-15(6-10-17)19-14-29-21(22-19)23-20(24)4-3-13-27-16-7-11-18(12-8-16)30(2,25)26/h5-12,14H,3-4,13H2,1-2H3,(H,22,23,24). The number of hydrogen-bond acceptors (Lipinski definition) is 7. The van der Waals surface area contributed by atoms with Gasteiger partial charge in [-0.3, -0.25) is 4.79 Å². The van der Waals surface area contributed by atoms with Gasteiger partial charge >= 0.3 is 0 Å². The van der Waals surface area contributed by atoms with Crippen molar-refractivity contribution in [2.75, 3.05) is 24.4 Å². The summed E-state index contributed by atoms with van der Waals surface area (Å²) in [4.78, 5) is 18.1. The fourth-order valence-corrected chi connectivity index (χ4v) is 4.39. The molecule has 0 fully saturated rings. The third-order valence-corrected chi connectivity index (χ3v) is 6.83. The summed E-state index contributed by atoms with van der Waals surface area (Å²) in [6.07, 6.45) is 4.03. The Kier molecular flexibility index (Phi) is 7.52. The molecule has 0 radical (unpaired) electrons. The third-order valence-electron chi connectivity index (χ3n) is 4.21. The molecule has 0 spiro atoms. The number of thioether (sulfide) groups is 1. The number of thiazole rings is 1. The van der Waals surface area contributed by atoms with Gasteiger partial charge in [0, 0.05) is 28.5 Å². The molecule has 0 unspecified atom stereocenters. The van der Waals surface area contributed by atoms with E-state index in [1.165, 1.54) is 28.4 Å². The predicted octanol–water partition coefficient (Wildman–Crippen LogP) is 4.73. The topological polar surface area (TPSA) is 85.4 Å². The van der Waals surface area contributed by atoms with Crippen molar-refractivity contribution in [1.82, 2.24) is 4.98 Å². The number of aromatic nitrogens is 1. The monoisotopic (exact) mass is 462 g/mol. The van der Waals surface area contributed by atoms with E-state index in [2.05, 4.69) is 10.3 Å². The number of nitrogens with zero attached hydrogens (tertiary/aromatic N) is 1. The van der Waals surface area contributed by atoms with Crippen LogP contribution in [0.2, 0.25) is 0 Å². The smallest absolute Gasteiger partial charge is 0.226 e. The Morgan fingerprint density at radius 1 is 1.13 bits per heavy atom. The van der Waals surface area contributed by atoms with Crippen LogP contribution in [0.5, 0.6) is 5.75 Å². The number of nitrogens with one attached hydrogen (secondary N) is 1. The van der Waals surface area contributed by atoms with Gasteiger partial charge in [0.25, 0.3) is 0 Å². The maximum Gasteiger partial charge on any atom is 0.226 e. The molecule has 0 saturated carbocycles. The van der Waals surface area contributed by atoms with Crippen LogP contribution in [0.3, 0.4) is 0 Å². The second-order valence-corrected chi connectivity index (χ2v) is 10.3. The van der Waals surface area contributed by atoms with Crippen LogP contribution in [0.15, 0.2) is 63.7 Å². The second kappa shape index (κ2) is 10.1. The summed E-state index contributed by atoms with van der Waals surface area (Å²) in [6.45, 7) is 0.358. The summed E-state index contributed by atoms with van der Waals surface area (Å²) in [6, 6.07) is 14.4.